The highest BCUT2D eigenvalue weighted by Gasteiger charge is 2.05. The summed E-state index contributed by atoms with van der Waals surface area (Å²) in [6.07, 6.45) is 0.766. The molecule has 0 aliphatic heterocycles. The van der Waals surface area contributed by atoms with E-state index in [4.69, 9.17) is 22.6 Å². The van der Waals surface area contributed by atoms with E-state index in [1.807, 2.05) is 37.3 Å². The van der Waals surface area contributed by atoms with Crippen LogP contribution in [0, 0.1) is 18.3 Å². The Balaban J connectivity index is 2.31. The van der Waals surface area contributed by atoms with Gasteiger partial charge in [0.05, 0.1) is 11.6 Å². The van der Waals surface area contributed by atoms with Crippen molar-refractivity contribution in [2.24, 2.45) is 0 Å². The summed E-state index contributed by atoms with van der Waals surface area (Å²) in [6.45, 7) is 1.99. The summed E-state index contributed by atoms with van der Waals surface area (Å²) in [4.78, 5) is 0. The number of rotatable bonds is 2. The van der Waals surface area contributed by atoms with Crippen molar-refractivity contribution in [3.05, 3.63) is 63.7 Å². The fourth-order valence-corrected chi connectivity index (χ4v) is 2.11. The Hall–Kier alpha value is -1.98. The van der Waals surface area contributed by atoms with Crippen LogP contribution in [0.5, 0.6) is 0 Å². The van der Waals surface area contributed by atoms with E-state index in [1.54, 1.807) is 6.07 Å². The van der Waals surface area contributed by atoms with E-state index in [0.717, 1.165) is 23.1 Å². The Morgan fingerprint density at radius 1 is 1.22 bits per heavy atom. The third kappa shape index (κ3) is 2.64. The topological polar surface area (TPSA) is 49.8 Å². The average molecular weight is 257 g/mol. The van der Waals surface area contributed by atoms with Crippen LogP contribution in [0.15, 0.2) is 36.4 Å². The maximum absolute atomic E-state index is 8.75. The second-order valence-corrected chi connectivity index (χ2v) is 4.70. The third-order valence-electron chi connectivity index (χ3n) is 3.00. The second-order valence-electron chi connectivity index (χ2n) is 4.26. The van der Waals surface area contributed by atoms with Gasteiger partial charge in [0.1, 0.15) is 0 Å². The van der Waals surface area contributed by atoms with Crippen molar-refractivity contribution in [3.63, 3.8) is 0 Å². The van der Waals surface area contributed by atoms with Crippen LogP contribution in [-0.4, -0.2) is 0 Å². The number of nitrogens with two attached hydrogens (primary N) is 1. The first-order chi connectivity index (χ1) is 8.60. The van der Waals surface area contributed by atoms with E-state index >= 15 is 0 Å². The van der Waals surface area contributed by atoms with Crippen molar-refractivity contribution in [3.8, 4) is 6.07 Å². The average Bonchev–Trinajstić information content (AvgIpc) is 2.36. The molecule has 0 aliphatic rings. The van der Waals surface area contributed by atoms with Crippen molar-refractivity contribution >= 4 is 17.3 Å². The molecule has 18 heavy (non-hydrogen) atoms. The molecule has 0 saturated heterocycles. The monoisotopic (exact) mass is 256 g/mol. The van der Waals surface area contributed by atoms with Crippen LogP contribution in [0.1, 0.15) is 22.3 Å². The number of anilines is 1. The summed E-state index contributed by atoms with van der Waals surface area (Å²) >= 11 is 6.01. The van der Waals surface area contributed by atoms with Gasteiger partial charge in [-0.2, -0.15) is 5.26 Å². The number of nitriles is 1. The molecule has 0 amide bonds. The van der Waals surface area contributed by atoms with Crippen LogP contribution < -0.4 is 5.73 Å². The molecule has 3 heteroatoms. The predicted molar refractivity (Wildman–Crippen MR) is 74.6 cm³/mol. The molecule has 0 aromatic heterocycles. The largest absolute Gasteiger partial charge is 0.398 e. The second kappa shape index (κ2) is 5.12. The van der Waals surface area contributed by atoms with Crippen LogP contribution in [0.25, 0.3) is 0 Å². The molecule has 0 aliphatic carbocycles. The molecule has 0 heterocycles. The molecule has 0 fully saturated rings. The molecule has 0 unspecified atom stereocenters. The summed E-state index contributed by atoms with van der Waals surface area (Å²) < 4.78 is 0. The van der Waals surface area contributed by atoms with E-state index in [9.17, 15) is 0 Å². The maximum Gasteiger partial charge on any atom is 0.0991 e. The Bertz CT molecular complexity index is 610. The van der Waals surface area contributed by atoms with E-state index in [2.05, 4.69) is 6.07 Å². The molecule has 2 aromatic rings. The van der Waals surface area contributed by atoms with Crippen LogP contribution in [0.3, 0.4) is 0 Å². The molecular weight excluding hydrogens is 244 g/mol. The van der Waals surface area contributed by atoms with Gasteiger partial charge in [-0.1, -0.05) is 23.7 Å². The minimum atomic E-state index is 0.654. The van der Waals surface area contributed by atoms with Gasteiger partial charge in [-0.15, -0.1) is 0 Å². The first-order valence-corrected chi connectivity index (χ1v) is 6.01. The van der Waals surface area contributed by atoms with Crippen LogP contribution in [-0.2, 0) is 6.42 Å². The maximum atomic E-state index is 8.75. The Morgan fingerprint density at radius 3 is 2.50 bits per heavy atom. The lowest BCUT2D eigenvalue weighted by molar-refractivity contribution is 1.16. The molecule has 0 spiro atoms. The van der Waals surface area contributed by atoms with Crippen LogP contribution in [0.4, 0.5) is 5.69 Å². The Labute approximate surface area is 112 Å². The van der Waals surface area contributed by atoms with Gasteiger partial charge in [0.15, 0.2) is 0 Å². The number of nitrogen functional groups attached to an aromatic ring is 1. The lowest BCUT2D eigenvalue weighted by atomic mass is 9.99. The summed E-state index contributed by atoms with van der Waals surface area (Å²) in [5.41, 5.74) is 10.6. The zero-order chi connectivity index (χ0) is 13.1. The van der Waals surface area contributed by atoms with Gasteiger partial charge in [-0.3, -0.25) is 0 Å². The normalized spacial score (nSPS) is 10.1. The van der Waals surface area contributed by atoms with Crippen molar-refractivity contribution in [1.29, 1.82) is 5.26 Å². The number of hydrogen-bond acceptors (Lipinski definition) is 2. The van der Waals surface area contributed by atoms with Crippen LogP contribution in [0.2, 0.25) is 5.02 Å². The molecule has 0 radical (unpaired) electrons. The standard InChI is InChI=1S/C15H13ClN2/c1-10-13(7-14(16)8-15(10)18)6-11-2-4-12(9-17)5-3-11/h2-5,7-8H,6,18H2,1H3. The first-order valence-electron chi connectivity index (χ1n) is 5.63. The SMILES string of the molecule is Cc1c(N)cc(Cl)cc1Cc1ccc(C#N)cc1. The molecule has 0 atom stereocenters. The molecule has 0 saturated carbocycles. The fraction of sp³-hybridized carbons (Fsp3) is 0.133. The minimum absolute atomic E-state index is 0.654. The van der Waals surface area contributed by atoms with Gasteiger partial charge < -0.3 is 5.73 Å². The summed E-state index contributed by atoms with van der Waals surface area (Å²) in [5, 5.41) is 9.41. The number of halogens is 1. The van der Waals surface area contributed by atoms with Gasteiger partial charge in [0, 0.05) is 10.7 Å². The van der Waals surface area contributed by atoms with Gasteiger partial charge in [0.25, 0.3) is 0 Å². The van der Waals surface area contributed by atoms with Gasteiger partial charge in [0.2, 0.25) is 0 Å². The molecule has 0 bridgehead atoms. The highest BCUT2D eigenvalue weighted by Crippen LogP contribution is 2.24. The van der Waals surface area contributed by atoms with E-state index in [0.29, 0.717) is 16.3 Å². The lowest BCUT2D eigenvalue weighted by Gasteiger charge is -2.09. The molecule has 2 N–H and O–H groups in total. The fourth-order valence-electron chi connectivity index (χ4n) is 1.86. The van der Waals surface area contributed by atoms with Crippen molar-refractivity contribution in [2.45, 2.75) is 13.3 Å². The first kappa shape index (κ1) is 12.5. The number of nitrogens with zero attached hydrogens (tertiary/aromatic N) is 1. The zero-order valence-corrected chi connectivity index (χ0v) is 10.8. The molecule has 2 rings (SSSR count). The van der Waals surface area contributed by atoms with Crippen molar-refractivity contribution < 1.29 is 0 Å². The van der Waals surface area contributed by atoms with Gasteiger partial charge in [-0.05, 0) is 54.3 Å². The van der Waals surface area contributed by atoms with Crippen molar-refractivity contribution in [2.75, 3.05) is 5.73 Å². The zero-order valence-electron chi connectivity index (χ0n) is 10.1. The molecule has 2 nitrogen and oxygen atoms in total. The van der Waals surface area contributed by atoms with Crippen LogP contribution >= 0.6 is 11.6 Å². The summed E-state index contributed by atoms with van der Waals surface area (Å²) in [7, 11) is 0. The summed E-state index contributed by atoms with van der Waals surface area (Å²) in [5.74, 6) is 0. The van der Waals surface area contributed by atoms with E-state index < -0.39 is 0 Å². The molecule has 90 valence electrons. The third-order valence-corrected chi connectivity index (χ3v) is 3.22. The highest BCUT2D eigenvalue weighted by atomic mass is 35.5. The quantitative estimate of drug-likeness (QED) is 0.833. The highest BCUT2D eigenvalue weighted by molar-refractivity contribution is 6.31. The Kier molecular flexibility index (Phi) is 3.55. The summed E-state index contributed by atoms with van der Waals surface area (Å²) in [6, 6.07) is 13.3. The number of benzene rings is 2. The minimum Gasteiger partial charge on any atom is -0.398 e. The smallest absolute Gasteiger partial charge is 0.0991 e. The van der Waals surface area contributed by atoms with Crippen molar-refractivity contribution in [1.82, 2.24) is 0 Å². The van der Waals surface area contributed by atoms with E-state index in [-0.39, 0.29) is 0 Å². The van der Waals surface area contributed by atoms with E-state index in [1.165, 1.54) is 0 Å². The van der Waals surface area contributed by atoms with Gasteiger partial charge >= 0.3 is 0 Å². The predicted octanol–water partition coefficient (Wildman–Crippen LogP) is 3.69. The Morgan fingerprint density at radius 2 is 1.89 bits per heavy atom. The molecule has 2 aromatic carbocycles. The number of hydrogen-bond donors (Lipinski definition) is 1. The molecular formula is C15H13ClN2. The van der Waals surface area contributed by atoms with Gasteiger partial charge in [-0.25, -0.2) is 0 Å². The lowest BCUT2D eigenvalue weighted by Crippen LogP contribution is -1.97.